The summed E-state index contributed by atoms with van der Waals surface area (Å²) in [6.45, 7) is 10.3. The Morgan fingerprint density at radius 3 is 2.94 bits per heavy atom. The normalized spacial score (nSPS) is 24.1. The van der Waals surface area contributed by atoms with Crippen LogP contribution in [0.1, 0.15) is 26.5 Å². The number of hydrogen-bond donors (Lipinski definition) is 1. The first-order valence-electron chi connectivity index (χ1n) is 6.66. The van der Waals surface area contributed by atoms with E-state index < -0.39 is 0 Å². The summed E-state index contributed by atoms with van der Waals surface area (Å²) in [5, 5.41) is 3.60. The molecule has 1 N–H and O–H groups in total. The number of piperazine rings is 1. The molecule has 0 spiro atoms. The van der Waals surface area contributed by atoms with Gasteiger partial charge >= 0.3 is 0 Å². The molecule has 0 saturated carbocycles. The highest BCUT2D eigenvalue weighted by molar-refractivity contribution is 5.00. The molecule has 1 aromatic rings. The van der Waals surface area contributed by atoms with Crippen LogP contribution in [-0.4, -0.2) is 36.6 Å². The summed E-state index contributed by atoms with van der Waals surface area (Å²) in [5.41, 5.74) is 0. The highest BCUT2D eigenvalue weighted by atomic mass is 16.3. The molecule has 17 heavy (non-hydrogen) atoms. The fourth-order valence-electron chi connectivity index (χ4n) is 2.50. The minimum absolute atomic E-state index is 0.560. The Bertz CT molecular complexity index is 321. The first-order valence-corrected chi connectivity index (χ1v) is 6.66. The molecule has 0 bridgehead atoms. The van der Waals surface area contributed by atoms with Crippen LogP contribution in [-0.2, 0) is 6.42 Å². The Labute approximate surface area is 104 Å². The molecule has 0 aliphatic carbocycles. The average Bonchev–Trinajstić information content (AvgIpc) is 2.82. The molecule has 3 heteroatoms. The van der Waals surface area contributed by atoms with E-state index in [-0.39, 0.29) is 0 Å². The van der Waals surface area contributed by atoms with E-state index in [0.29, 0.717) is 18.0 Å². The molecule has 2 unspecified atom stereocenters. The Morgan fingerprint density at radius 1 is 1.47 bits per heavy atom. The zero-order valence-electron chi connectivity index (χ0n) is 11.1. The minimum atomic E-state index is 0.560. The molecule has 2 atom stereocenters. The maximum Gasteiger partial charge on any atom is 0.105 e. The monoisotopic (exact) mass is 236 g/mol. The van der Waals surface area contributed by atoms with Crippen LogP contribution in [0.2, 0.25) is 0 Å². The third-order valence-corrected chi connectivity index (χ3v) is 3.74. The predicted molar refractivity (Wildman–Crippen MR) is 70.1 cm³/mol. The van der Waals surface area contributed by atoms with Crippen molar-refractivity contribution in [3.8, 4) is 0 Å². The van der Waals surface area contributed by atoms with Gasteiger partial charge in [0, 0.05) is 38.1 Å². The lowest BCUT2D eigenvalue weighted by molar-refractivity contribution is 0.131. The van der Waals surface area contributed by atoms with Gasteiger partial charge < -0.3 is 9.73 Å². The Hall–Kier alpha value is -0.800. The summed E-state index contributed by atoms with van der Waals surface area (Å²) in [4.78, 5) is 2.57. The Kier molecular flexibility index (Phi) is 4.24. The SMILES string of the molecule is CC(C)C1CN(C(C)Cc2ccco2)CCN1. The molecule has 0 amide bonds. The van der Waals surface area contributed by atoms with E-state index in [0.717, 1.165) is 31.8 Å². The van der Waals surface area contributed by atoms with Crippen molar-refractivity contribution < 1.29 is 4.42 Å². The summed E-state index contributed by atoms with van der Waals surface area (Å²) in [6, 6.07) is 5.22. The van der Waals surface area contributed by atoms with Gasteiger partial charge in [-0.25, -0.2) is 0 Å². The van der Waals surface area contributed by atoms with Crippen molar-refractivity contribution in [2.45, 2.75) is 39.3 Å². The van der Waals surface area contributed by atoms with Crippen molar-refractivity contribution in [1.82, 2.24) is 10.2 Å². The van der Waals surface area contributed by atoms with E-state index in [4.69, 9.17) is 4.42 Å². The Balaban J connectivity index is 1.88. The van der Waals surface area contributed by atoms with E-state index in [1.807, 2.05) is 6.07 Å². The van der Waals surface area contributed by atoms with Crippen molar-refractivity contribution in [3.63, 3.8) is 0 Å². The fraction of sp³-hybridized carbons (Fsp3) is 0.714. The van der Waals surface area contributed by atoms with Gasteiger partial charge in [-0.2, -0.15) is 0 Å². The third-order valence-electron chi connectivity index (χ3n) is 3.74. The zero-order valence-corrected chi connectivity index (χ0v) is 11.1. The summed E-state index contributed by atoms with van der Waals surface area (Å²) in [5.74, 6) is 1.80. The molecule has 2 heterocycles. The lowest BCUT2D eigenvalue weighted by Crippen LogP contribution is -2.55. The lowest BCUT2D eigenvalue weighted by Gasteiger charge is -2.39. The van der Waals surface area contributed by atoms with Gasteiger partial charge in [-0.3, -0.25) is 4.90 Å². The molecule has 1 aliphatic rings. The number of nitrogens with one attached hydrogen (secondary N) is 1. The molecular formula is C14H24N2O. The Morgan fingerprint density at radius 2 is 2.29 bits per heavy atom. The van der Waals surface area contributed by atoms with Crippen LogP contribution in [0.4, 0.5) is 0 Å². The number of rotatable bonds is 4. The molecule has 0 radical (unpaired) electrons. The molecular weight excluding hydrogens is 212 g/mol. The van der Waals surface area contributed by atoms with Crippen LogP contribution >= 0.6 is 0 Å². The zero-order chi connectivity index (χ0) is 12.3. The number of hydrogen-bond acceptors (Lipinski definition) is 3. The molecule has 1 aliphatic heterocycles. The largest absolute Gasteiger partial charge is 0.469 e. The molecule has 96 valence electrons. The van der Waals surface area contributed by atoms with Crippen LogP contribution in [0.25, 0.3) is 0 Å². The summed E-state index contributed by atoms with van der Waals surface area (Å²) in [7, 11) is 0. The standard InChI is InChI=1S/C14H24N2O/c1-11(2)14-10-16(7-6-15-14)12(3)9-13-5-4-8-17-13/h4-5,8,11-12,14-15H,6-7,9-10H2,1-3H3. The van der Waals surface area contributed by atoms with Gasteiger partial charge in [0.15, 0.2) is 0 Å². The van der Waals surface area contributed by atoms with Crippen molar-refractivity contribution in [1.29, 1.82) is 0 Å². The minimum Gasteiger partial charge on any atom is -0.469 e. The van der Waals surface area contributed by atoms with Gasteiger partial charge in [0.05, 0.1) is 6.26 Å². The fourth-order valence-corrected chi connectivity index (χ4v) is 2.50. The van der Waals surface area contributed by atoms with Gasteiger partial charge in [-0.15, -0.1) is 0 Å². The van der Waals surface area contributed by atoms with E-state index in [1.54, 1.807) is 6.26 Å². The van der Waals surface area contributed by atoms with Crippen molar-refractivity contribution in [2.24, 2.45) is 5.92 Å². The van der Waals surface area contributed by atoms with E-state index >= 15 is 0 Å². The maximum atomic E-state index is 5.43. The summed E-state index contributed by atoms with van der Waals surface area (Å²) >= 11 is 0. The third kappa shape index (κ3) is 3.33. The quantitative estimate of drug-likeness (QED) is 0.868. The molecule has 3 nitrogen and oxygen atoms in total. The van der Waals surface area contributed by atoms with Crippen LogP contribution in [0.15, 0.2) is 22.8 Å². The molecule has 0 aromatic carbocycles. The lowest BCUT2D eigenvalue weighted by atomic mass is 10.0. The summed E-state index contributed by atoms with van der Waals surface area (Å²) in [6.07, 6.45) is 2.77. The second-order valence-electron chi connectivity index (χ2n) is 5.43. The number of furan rings is 1. The van der Waals surface area contributed by atoms with Crippen LogP contribution < -0.4 is 5.32 Å². The van der Waals surface area contributed by atoms with Gasteiger partial charge in [0.25, 0.3) is 0 Å². The maximum absolute atomic E-state index is 5.43. The highest BCUT2D eigenvalue weighted by Crippen LogP contribution is 2.14. The smallest absolute Gasteiger partial charge is 0.105 e. The van der Waals surface area contributed by atoms with Crippen LogP contribution in [0.3, 0.4) is 0 Å². The van der Waals surface area contributed by atoms with Gasteiger partial charge in [0.1, 0.15) is 5.76 Å². The number of nitrogens with zero attached hydrogens (tertiary/aromatic N) is 1. The second kappa shape index (κ2) is 5.69. The first-order chi connectivity index (χ1) is 8.16. The average molecular weight is 236 g/mol. The van der Waals surface area contributed by atoms with Crippen molar-refractivity contribution in [2.75, 3.05) is 19.6 Å². The molecule has 2 rings (SSSR count). The van der Waals surface area contributed by atoms with E-state index in [1.165, 1.54) is 0 Å². The van der Waals surface area contributed by atoms with Gasteiger partial charge in [-0.1, -0.05) is 13.8 Å². The summed E-state index contributed by atoms with van der Waals surface area (Å²) < 4.78 is 5.43. The van der Waals surface area contributed by atoms with Crippen molar-refractivity contribution >= 4 is 0 Å². The van der Waals surface area contributed by atoms with E-state index in [2.05, 4.69) is 37.1 Å². The van der Waals surface area contributed by atoms with Crippen LogP contribution in [0.5, 0.6) is 0 Å². The first kappa shape index (κ1) is 12.7. The van der Waals surface area contributed by atoms with E-state index in [9.17, 15) is 0 Å². The van der Waals surface area contributed by atoms with Crippen molar-refractivity contribution in [3.05, 3.63) is 24.2 Å². The highest BCUT2D eigenvalue weighted by Gasteiger charge is 2.25. The predicted octanol–water partition coefficient (Wildman–Crippen LogP) is 2.14. The van der Waals surface area contributed by atoms with Crippen LogP contribution in [0, 0.1) is 5.92 Å². The second-order valence-corrected chi connectivity index (χ2v) is 5.43. The molecule has 1 aromatic heterocycles. The van der Waals surface area contributed by atoms with Gasteiger partial charge in [-0.05, 0) is 25.0 Å². The molecule has 1 saturated heterocycles. The van der Waals surface area contributed by atoms with Gasteiger partial charge in [0.2, 0.25) is 0 Å². The topological polar surface area (TPSA) is 28.4 Å². The molecule has 1 fully saturated rings.